The Bertz CT molecular complexity index is 768. The van der Waals surface area contributed by atoms with Gasteiger partial charge in [0.15, 0.2) is 9.84 Å². The third-order valence-corrected chi connectivity index (χ3v) is 8.33. The summed E-state index contributed by atoms with van der Waals surface area (Å²) in [7, 11) is -3.40. The van der Waals surface area contributed by atoms with Crippen LogP contribution >= 0.6 is 0 Å². The average Bonchev–Trinajstić information content (AvgIpc) is 2.55. The standard InChI is InChI=1S/C16H22N2O3S/c1-10-15(2,3)22(19,20)14-7-8-21-13-6-5-11(17)9-12(13)16(14,4)18-10/h5-6,9,14H,7-8,17H2,1-4H3/t14-,16-/m1/s1. The molecule has 2 heterocycles. The quantitative estimate of drug-likeness (QED) is 0.743. The summed E-state index contributed by atoms with van der Waals surface area (Å²) < 4.78 is 31.1. The highest BCUT2D eigenvalue weighted by molar-refractivity contribution is 7.94. The Morgan fingerprint density at radius 1 is 1.32 bits per heavy atom. The largest absolute Gasteiger partial charge is 0.493 e. The topological polar surface area (TPSA) is 81.8 Å². The summed E-state index contributed by atoms with van der Waals surface area (Å²) in [4.78, 5) is 4.83. The number of benzene rings is 1. The zero-order valence-electron chi connectivity index (χ0n) is 13.4. The monoisotopic (exact) mass is 322 g/mol. The number of fused-ring (bicyclic) bond motifs is 3. The highest BCUT2D eigenvalue weighted by Crippen LogP contribution is 2.48. The molecular weight excluding hydrogens is 300 g/mol. The summed E-state index contributed by atoms with van der Waals surface area (Å²) in [5, 5.41) is -0.609. The van der Waals surface area contributed by atoms with E-state index in [2.05, 4.69) is 0 Å². The molecule has 120 valence electrons. The molecule has 6 heteroatoms. The van der Waals surface area contributed by atoms with Crippen LogP contribution in [0.4, 0.5) is 5.69 Å². The van der Waals surface area contributed by atoms with Crippen molar-refractivity contribution in [3.63, 3.8) is 0 Å². The van der Waals surface area contributed by atoms with Gasteiger partial charge in [0.05, 0.1) is 11.9 Å². The number of rotatable bonds is 0. The fourth-order valence-electron chi connectivity index (χ4n) is 3.43. The molecule has 2 aliphatic heterocycles. The molecule has 2 aliphatic rings. The predicted octanol–water partition coefficient (Wildman–Crippen LogP) is 2.30. The Hall–Kier alpha value is -1.56. The van der Waals surface area contributed by atoms with Crippen molar-refractivity contribution in [1.82, 2.24) is 0 Å². The van der Waals surface area contributed by atoms with E-state index in [9.17, 15) is 8.42 Å². The highest BCUT2D eigenvalue weighted by atomic mass is 32.2. The minimum Gasteiger partial charge on any atom is -0.493 e. The molecule has 3 rings (SSSR count). The fourth-order valence-corrected chi connectivity index (χ4v) is 5.79. The van der Waals surface area contributed by atoms with Crippen molar-refractivity contribution in [2.45, 2.75) is 49.7 Å². The Balaban J connectivity index is 2.35. The van der Waals surface area contributed by atoms with Crippen LogP contribution in [-0.2, 0) is 15.4 Å². The Labute approximate surface area is 131 Å². The molecule has 0 aromatic heterocycles. The first-order valence-electron chi connectivity index (χ1n) is 7.44. The van der Waals surface area contributed by atoms with Gasteiger partial charge in [0.25, 0.3) is 0 Å². The SMILES string of the molecule is CC1=N[C@]2(C)c3cc(N)ccc3OCC[C@H]2S(=O)(=O)C1(C)C. The Kier molecular flexibility index (Phi) is 3.12. The van der Waals surface area contributed by atoms with Crippen LogP contribution < -0.4 is 10.5 Å². The van der Waals surface area contributed by atoms with Crippen LogP contribution in [0.3, 0.4) is 0 Å². The molecule has 0 fully saturated rings. The van der Waals surface area contributed by atoms with Gasteiger partial charge in [-0.3, -0.25) is 4.99 Å². The molecule has 0 unspecified atom stereocenters. The van der Waals surface area contributed by atoms with Gasteiger partial charge in [-0.2, -0.15) is 0 Å². The van der Waals surface area contributed by atoms with Gasteiger partial charge in [0, 0.05) is 23.4 Å². The van der Waals surface area contributed by atoms with Gasteiger partial charge in [-0.05, 0) is 45.9 Å². The zero-order valence-corrected chi connectivity index (χ0v) is 14.2. The molecule has 2 N–H and O–H groups in total. The van der Waals surface area contributed by atoms with Crippen LogP contribution in [0.5, 0.6) is 5.75 Å². The first-order valence-corrected chi connectivity index (χ1v) is 8.98. The number of nitrogens with zero attached hydrogens (tertiary/aromatic N) is 1. The van der Waals surface area contributed by atoms with E-state index in [0.717, 1.165) is 5.56 Å². The number of nitrogen functional groups attached to an aromatic ring is 1. The molecule has 0 spiro atoms. The first kappa shape index (κ1) is 15.3. The third-order valence-electron chi connectivity index (χ3n) is 5.17. The molecule has 5 nitrogen and oxygen atoms in total. The number of anilines is 1. The summed E-state index contributed by atoms with van der Waals surface area (Å²) in [6, 6.07) is 5.36. The second kappa shape index (κ2) is 4.47. The van der Waals surface area contributed by atoms with Crippen LogP contribution in [0.2, 0.25) is 0 Å². The minimum absolute atomic E-state index is 0.362. The summed E-state index contributed by atoms with van der Waals surface area (Å²) in [5.74, 6) is 0.672. The summed E-state index contributed by atoms with van der Waals surface area (Å²) >= 11 is 0. The van der Waals surface area contributed by atoms with Gasteiger partial charge < -0.3 is 10.5 Å². The zero-order chi connectivity index (χ0) is 16.3. The maximum atomic E-state index is 13.2. The van der Waals surface area contributed by atoms with Crippen molar-refractivity contribution < 1.29 is 13.2 Å². The summed E-state index contributed by atoms with van der Waals surface area (Å²) in [6.07, 6.45) is 0.424. The number of aliphatic imine (C=N–C) groups is 1. The van der Waals surface area contributed by atoms with E-state index in [-0.39, 0.29) is 0 Å². The number of sulfone groups is 1. The lowest BCUT2D eigenvalue weighted by Crippen LogP contribution is -2.56. The lowest BCUT2D eigenvalue weighted by Gasteiger charge is -2.43. The number of hydrogen-bond donors (Lipinski definition) is 1. The molecule has 0 bridgehead atoms. The van der Waals surface area contributed by atoms with E-state index < -0.39 is 25.4 Å². The summed E-state index contributed by atoms with van der Waals surface area (Å²) in [5.41, 5.74) is 7.02. The van der Waals surface area contributed by atoms with E-state index in [4.69, 9.17) is 15.5 Å². The molecular formula is C16H22N2O3S. The van der Waals surface area contributed by atoms with Crippen molar-refractivity contribution in [3.05, 3.63) is 23.8 Å². The van der Waals surface area contributed by atoms with Gasteiger partial charge in [-0.1, -0.05) is 0 Å². The fraction of sp³-hybridized carbons (Fsp3) is 0.562. The Morgan fingerprint density at radius 3 is 2.68 bits per heavy atom. The lowest BCUT2D eigenvalue weighted by atomic mass is 9.86. The number of ether oxygens (including phenoxy) is 1. The molecule has 0 aliphatic carbocycles. The molecule has 2 atom stereocenters. The van der Waals surface area contributed by atoms with Crippen molar-refractivity contribution in [1.29, 1.82) is 0 Å². The normalized spacial score (nSPS) is 32.0. The third kappa shape index (κ3) is 1.82. The van der Waals surface area contributed by atoms with E-state index in [1.54, 1.807) is 39.0 Å². The first-order chi connectivity index (χ1) is 10.1. The smallest absolute Gasteiger partial charge is 0.166 e. The molecule has 1 aromatic carbocycles. The maximum Gasteiger partial charge on any atom is 0.166 e. The van der Waals surface area contributed by atoms with Crippen LogP contribution in [0.25, 0.3) is 0 Å². The lowest BCUT2D eigenvalue weighted by molar-refractivity contribution is 0.312. The highest BCUT2D eigenvalue weighted by Gasteiger charge is 2.56. The van der Waals surface area contributed by atoms with Crippen LogP contribution in [-0.4, -0.2) is 30.7 Å². The van der Waals surface area contributed by atoms with Gasteiger partial charge in [0.1, 0.15) is 16.0 Å². The average molecular weight is 322 g/mol. The van der Waals surface area contributed by atoms with Gasteiger partial charge in [-0.15, -0.1) is 0 Å². The number of nitrogens with two attached hydrogens (primary N) is 1. The van der Waals surface area contributed by atoms with E-state index in [0.29, 0.717) is 30.2 Å². The van der Waals surface area contributed by atoms with Crippen molar-refractivity contribution in [3.8, 4) is 5.75 Å². The maximum absolute atomic E-state index is 13.2. The Morgan fingerprint density at radius 2 is 2.00 bits per heavy atom. The predicted molar refractivity (Wildman–Crippen MR) is 88.2 cm³/mol. The van der Waals surface area contributed by atoms with Crippen LogP contribution in [0.1, 0.15) is 39.7 Å². The molecule has 0 amide bonds. The number of hydrogen-bond acceptors (Lipinski definition) is 5. The van der Waals surface area contributed by atoms with Crippen molar-refractivity contribution in [2.24, 2.45) is 4.99 Å². The van der Waals surface area contributed by atoms with Gasteiger partial charge >= 0.3 is 0 Å². The molecule has 0 saturated heterocycles. The summed E-state index contributed by atoms with van der Waals surface area (Å²) in [6.45, 7) is 7.48. The second-order valence-corrected chi connectivity index (χ2v) is 9.46. The van der Waals surface area contributed by atoms with Crippen LogP contribution in [0.15, 0.2) is 23.2 Å². The minimum atomic E-state index is -3.40. The molecule has 0 saturated carbocycles. The van der Waals surface area contributed by atoms with Crippen molar-refractivity contribution >= 4 is 21.2 Å². The van der Waals surface area contributed by atoms with Crippen molar-refractivity contribution in [2.75, 3.05) is 12.3 Å². The van der Waals surface area contributed by atoms with E-state index in [1.807, 2.05) is 6.92 Å². The molecule has 0 radical (unpaired) electrons. The van der Waals surface area contributed by atoms with Gasteiger partial charge in [-0.25, -0.2) is 8.42 Å². The van der Waals surface area contributed by atoms with E-state index in [1.165, 1.54) is 0 Å². The van der Waals surface area contributed by atoms with Crippen LogP contribution in [0, 0.1) is 0 Å². The van der Waals surface area contributed by atoms with Gasteiger partial charge in [0.2, 0.25) is 0 Å². The molecule has 22 heavy (non-hydrogen) atoms. The molecule has 1 aromatic rings. The second-order valence-electron chi connectivity index (χ2n) is 6.78. The van der Waals surface area contributed by atoms with E-state index >= 15 is 0 Å².